The van der Waals surface area contributed by atoms with Gasteiger partial charge in [-0.15, -0.1) is 0 Å². The van der Waals surface area contributed by atoms with E-state index < -0.39 is 0 Å². The van der Waals surface area contributed by atoms with Gasteiger partial charge in [-0.2, -0.15) is 0 Å². The van der Waals surface area contributed by atoms with E-state index in [1.165, 1.54) is 3.57 Å². The fourth-order valence-electron chi connectivity index (χ4n) is 0.761. The minimum absolute atomic E-state index is 0.677. The Labute approximate surface area is 86.0 Å². The van der Waals surface area contributed by atoms with Crippen LogP contribution in [0.25, 0.3) is 0 Å². The summed E-state index contributed by atoms with van der Waals surface area (Å²) in [6.45, 7) is 1.99. The zero-order valence-corrected chi connectivity index (χ0v) is 9.08. The first-order valence-corrected chi connectivity index (χ1v) is 4.89. The third-order valence-corrected chi connectivity index (χ3v) is 2.18. The fourth-order valence-corrected chi connectivity index (χ4v) is 1.12. The van der Waals surface area contributed by atoms with Gasteiger partial charge < -0.3 is 5.73 Å². The molecule has 0 radical (unpaired) electrons. The summed E-state index contributed by atoms with van der Waals surface area (Å²) in [5, 5.41) is 0. The molecule has 2 N–H and O–H groups in total. The molecule has 0 amide bonds. The average Bonchev–Trinajstić information content (AvgIpc) is 2.09. The average molecular weight is 274 g/mol. The SMILES string of the molecule is CCC(N)=Nc1ccc(I)cc1. The summed E-state index contributed by atoms with van der Waals surface area (Å²) in [5.41, 5.74) is 6.52. The van der Waals surface area contributed by atoms with Gasteiger partial charge in [-0.25, -0.2) is 4.99 Å². The number of benzene rings is 1. The van der Waals surface area contributed by atoms with Crippen molar-refractivity contribution in [2.75, 3.05) is 0 Å². The van der Waals surface area contributed by atoms with Crippen molar-refractivity contribution in [3.8, 4) is 0 Å². The van der Waals surface area contributed by atoms with Crippen molar-refractivity contribution < 1.29 is 0 Å². The van der Waals surface area contributed by atoms with E-state index in [1.54, 1.807) is 0 Å². The van der Waals surface area contributed by atoms with Crippen LogP contribution in [0.5, 0.6) is 0 Å². The molecular formula is C9H11IN2. The van der Waals surface area contributed by atoms with Crippen LogP contribution in [-0.4, -0.2) is 5.84 Å². The Morgan fingerprint density at radius 3 is 2.50 bits per heavy atom. The van der Waals surface area contributed by atoms with Gasteiger partial charge in [0.15, 0.2) is 0 Å². The maximum atomic E-state index is 5.59. The lowest BCUT2D eigenvalue weighted by Crippen LogP contribution is -2.08. The van der Waals surface area contributed by atoms with Gasteiger partial charge in [-0.1, -0.05) is 6.92 Å². The smallest absolute Gasteiger partial charge is 0.0993 e. The van der Waals surface area contributed by atoms with Gasteiger partial charge in [0, 0.05) is 9.99 Å². The third kappa shape index (κ3) is 2.81. The number of nitrogens with zero attached hydrogens (tertiary/aromatic N) is 1. The van der Waals surface area contributed by atoms with Crippen LogP contribution in [0.3, 0.4) is 0 Å². The lowest BCUT2D eigenvalue weighted by atomic mass is 10.3. The molecule has 1 aromatic rings. The highest BCUT2D eigenvalue weighted by molar-refractivity contribution is 14.1. The van der Waals surface area contributed by atoms with Gasteiger partial charge in [0.05, 0.1) is 11.5 Å². The second-order valence-electron chi connectivity index (χ2n) is 2.43. The number of amidine groups is 1. The minimum atomic E-state index is 0.677. The molecule has 1 aromatic carbocycles. The predicted octanol–water partition coefficient (Wildman–Crippen LogP) is 2.69. The van der Waals surface area contributed by atoms with Crippen molar-refractivity contribution in [2.45, 2.75) is 13.3 Å². The molecule has 0 aliphatic carbocycles. The van der Waals surface area contributed by atoms with Crippen LogP contribution in [-0.2, 0) is 0 Å². The Morgan fingerprint density at radius 1 is 1.42 bits per heavy atom. The highest BCUT2D eigenvalue weighted by Crippen LogP contribution is 2.14. The Hall–Kier alpha value is -0.580. The molecule has 12 heavy (non-hydrogen) atoms. The molecule has 0 aliphatic rings. The van der Waals surface area contributed by atoms with Gasteiger partial charge in [-0.3, -0.25) is 0 Å². The number of hydrogen-bond acceptors (Lipinski definition) is 1. The van der Waals surface area contributed by atoms with Crippen molar-refractivity contribution in [3.05, 3.63) is 27.8 Å². The van der Waals surface area contributed by atoms with Crippen molar-refractivity contribution in [1.29, 1.82) is 0 Å². The summed E-state index contributed by atoms with van der Waals surface area (Å²) in [6, 6.07) is 7.96. The van der Waals surface area contributed by atoms with Crippen LogP contribution in [0.1, 0.15) is 13.3 Å². The van der Waals surface area contributed by atoms with Crippen LogP contribution in [0.4, 0.5) is 5.69 Å². The molecule has 2 nitrogen and oxygen atoms in total. The first-order chi connectivity index (χ1) is 5.72. The molecule has 0 aromatic heterocycles. The first-order valence-electron chi connectivity index (χ1n) is 3.81. The Balaban J connectivity index is 2.84. The van der Waals surface area contributed by atoms with E-state index in [2.05, 4.69) is 27.6 Å². The molecule has 0 bridgehead atoms. The van der Waals surface area contributed by atoms with Gasteiger partial charge >= 0.3 is 0 Å². The first kappa shape index (κ1) is 9.51. The lowest BCUT2D eigenvalue weighted by Gasteiger charge is -1.96. The maximum absolute atomic E-state index is 5.59. The van der Waals surface area contributed by atoms with Gasteiger partial charge in [0.25, 0.3) is 0 Å². The second-order valence-corrected chi connectivity index (χ2v) is 3.68. The molecule has 1 rings (SSSR count). The highest BCUT2D eigenvalue weighted by Gasteiger charge is 1.90. The van der Waals surface area contributed by atoms with Crippen LogP contribution < -0.4 is 5.73 Å². The van der Waals surface area contributed by atoms with Crippen LogP contribution >= 0.6 is 22.6 Å². The van der Waals surface area contributed by atoms with E-state index in [0.29, 0.717) is 5.84 Å². The number of halogens is 1. The highest BCUT2D eigenvalue weighted by atomic mass is 127. The summed E-state index contributed by atoms with van der Waals surface area (Å²) in [5.74, 6) is 0.677. The fraction of sp³-hybridized carbons (Fsp3) is 0.222. The quantitative estimate of drug-likeness (QED) is 0.502. The topological polar surface area (TPSA) is 38.4 Å². The lowest BCUT2D eigenvalue weighted by molar-refractivity contribution is 1.24. The zero-order valence-electron chi connectivity index (χ0n) is 6.92. The van der Waals surface area contributed by atoms with E-state index in [1.807, 2.05) is 31.2 Å². The summed E-state index contributed by atoms with van der Waals surface area (Å²) in [7, 11) is 0. The molecule has 0 fully saturated rings. The molecular weight excluding hydrogens is 263 g/mol. The number of hydrogen-bond donors (Lipinski definition) is 1. The predicted molar refractivity (Wildman–Crippen MR) is 60.7 cm³/mol. The Morgan fingerprint density at radius 2 is 2.00 bits per heavy atom. The van der Waals surface area contributed by atoms with Crippen LogP contribution in [0, 0.1) is 3.57 Å². The molecule has 64 valence electrons. The molecule has 3 heteroatoms. The van der Waals surface area contributed by atoms with Crippen molar-refractivity contribution >= 4 is 34.1 Å². The molecule has 0 spiro atoms. The minimum Gasteiger partial charge on any atom is -0.387 e. The van der Waals surface area contributed by atoms with E-state index >= 15 is 0 Å². The number of rotatable bonds is 2. The largest absolute Gasteiger partial charge is 0.387 e. The molecule has 0 aliphatic heterocycles. The number of aliphatic imine (C=N–C) groups is 1. The van der Waals surface area contributed by atoms with Crippen molar-refractivity contribution in [2.24, 2.45) is 10.7 Å². The van der Waals surface area contributed by atoms with Crippen LogP contribution in [0.2, 0.25) is 0 Å². The Bertz CT molecular complexity index is 277. The van der Waals surface area contributed by atoms with Gasteiger partial charge in [-0.05, 0) is 46.9 Å². The second kappa shape index (κ2) is 4.45. The van der Waals surface area contributed by atoms with E-state index in [9.17, 15) is 0 Å². The molecule has 0 unspecified atom stereocenters. The third-order valence-electron chi connectivity index (χ3n) is 1.46. The van der Waals surface area contributed by atoms with Gasteiger partial charge in [0.1, 0.15) is 0 Å². The molecule has 0 heterocycles. The Kier molecular flexibility index (Phi) is 3.52. The number of nitrogens with two attached hydrogens (primary N) is 1. The summed E-state index contributed by atoms with van der Waals surface area (Å²) < 4.78 is 1.21. The normalized spacial score (nSPS) is 11.7. The standard InChI is InChI=1S/C9H11IN2/c1-2-9(11)12-8-5-3-7(10)4-6-8/h3-6H,2H2,1H3,(H2,11,12). The van der Waals surface area contributed by atoms with Crippen molar-refractivity contribution in [1.82, 2.24) is 0 Å². The molecule has 0 saturated carbocycles. The van der Waals surface area contributed by atoms with Gasteiger partial charge in [0.2, 0.25) is 0 Å². The van der Waals surface area contributed by atoms with E-state index in [-0.39, 0.29) is 0 Å². The molecule has 0 saturated heterocycles. The zero-order chi connectivity index (χ0) is 8.97. The monoisotopic (exact) mass is 274 g/mol. The maximum Gasteiger partial charge on any atom is 0.0993 e. The van der Waals surface area contributed by atoms with E-state index in [0.717, 1.165) is 12.1 Å². The van der Waals surface area contributed by atoms with E-state index in [4.69, 9.17) is 5.73 Å². The van der Waals surface area contributed by atoms with Crippen LogP contribution in [0.15, 0.2) is 29.3 Å². The van der Waals surface area contributed by atoms with Crippen molar-refractivity contribution in [3.63, 3.8) is 0 Å². The molecule has 0 atom stereocenters. The summed E-state index contributed by atoms with van der Waals surface area (Å²) >= 11 is 2.26. The summed E-state index contributed by atoms with van der Waals surface area (Å²) in [6.07, 6.45) is 0.798. The summed E-state index contributed by atoms with van der Waals surface area (Å²) in [4.78, 5) is 4.21.